The Kier molecular flexibility index (Phi) is 3.65. The van der Waals surface area contributed by atoms with Gasteiger partial charge in [-0.25, -0.2) is 0 Å². The Balaban J connectivity index is 2.50. The molecule has 0 aromatic heterocycles. The third-order valence-corrected chi connectivity index (χ3v) is 3.57. The van der Waals surface area contributed by atoms with E-state index in [9.17, 15) is 5.11 Å². The summed E-state index contributed by atoms with van der Waals surface area (Å²) in [5.41, 5.74) is 5.34. The molecule has 0 aliphatic heterocycles. The summed E-state index contributed by atoms with van der Waals surface area (Å²) in [6.07, 6.45) is 0. The predicted molar refractivity (Wildman–Crippen MR) is 77.7 cm³/mol. The molecule has 1 N–H and O–H groups in total. The Bertz CT molecular complexity index is 602. The minimum Gasteiger partial charge on any atom is -0.507 e. The van der Waals surface area contributed by atoms with Gasteiger partial charge < -0.3 is 5.11 Å². The molecule has 2 rings (SSSR count). The van der Waals surface area contributed by atoms with E-state index in [1.54, 1.807) is 0 Å². The summed E-state index contributed by atoms with van der Waals surface area (Å²) < 4.78 is 0. The highest BCUT2D eigenvalue weighted by Crippen LogP contribution is 2.37. The van der Waals surface area contributed by atoms with Crippen LogP contribution in [0.4, 0.5) is 11.4 Å². The van der Waals surface area contributed by atoms with Crippen LogP contribution in [0.25, 0.3) is 0 Å². The molecule has 2 aromatic carbocycles. The summed E-state index contributed by atoms with van der Waals surface area (Å²) in [6.45, 7) is 7.72. The van der Waals surface area contributed by atoms with Gasteiger partial charge in [-0.05, 0) is 62.1 Å². The molecule has 0 aliphatic carbocycles. The highest BCUT2D eigenvalue weighted by Gasteiger charge is 2.13. The van der Waals surface area contributed by atoms with Gasteiger partial charge in [0.25, 0.3) is 0 Å². The highest BCUT2D eigenvalue weighted by atomic mass is 16.3. The number of nitrogens with zero attached hydrogens (tertiary/aromatic N) is 2. The molecule has 0 bridgehead atoms. The zero-order valence-electron chi connectivity index (χ0n) is 11.7. The summed E-state index contributed by atoms with van der Waals surface area (Å²) in [7, 11) is 0. The first kappa shape index (κ1) is 13.3. The van der Waals surface area contributed by atoms with E-state index in [0.29, 0.717) is 5.75 Å². The van der Waals surface area contributed by atoms with Crippen LogP contribution in [0.2, 0.25) is 0 Å². The van der Waals surface area contributed by atoms with E-state index in [4.69, 9.17) is 0 Å². The van der Waals surface area contributed by atoms with Crippen LogP contribution in [0.5, 0.6) is 5.75 Å². The molecule has 3 nitrogen and oxygen atoms in total. The fourth-order valence-electron chi connectivity index (χ4n) is 2.03. The van der Waals surface area contributed by atoms with Gasteiger partial charge in [-0.3, -0.25) is 0 Å². The van der Waals surface area contributed by atoms with Crippen molar-refractivity contribution in [1.82, 2.24) is 0 Å². The number of aromatic hydroxyl groups is 1. The van der Waals surface area contributed by atoms with Gasteiger partial charge in [-0.15, -0.1) is 5.11 Å². The molecular weight excluding hydrogens is 236 g/mol. The van der Waals surface area contributed by atoms with Gasteiger partial charge >= 0.3 is 0 Å². The van der Waals surface area contributed by atoms with E-state index in [-0.39, 0.29) is 0 Å². The zero-order chi connectivity index (χ0) is 14.0. The lowest BCUT2D eigenvalue weighted by Crippen LogP contribution is -1.91. The molecular formula is C16H18N2O. The van der Waals surface area contributed by atoms with Crippen molar-refractivity contribution in [2.75, 3.05) is 0 Å². The third-order valence-electron chi connectivity index (χ3n) is 3.57. The Morgan fingerprint density at radius 2 is 1.26 bits per heavy atom. The number of phenolic OH excluding ortho intramolecular Hbond substituents is 1. The van der Waals surface area contributed by atoms with Gasteiger partial charge in [0.2, 0.25) is 0 Å². The number of benzene rings is 2. The molecule has 0 saturated carbocycles. The Morgan fingerprint density at radius 3 is 1.79 bits per heavy atom. The van der Waals surface area contributed by atoms with Crippen LogP contribution in [0.1, 0.15) is 22.3 Å². The molecule has 0 saturated heterocycles. The first-order valence-electron chi connectivity index (χ1n) is 6.28. The number of phenols is 1. The number of rotatable bonds is 2. The average Bonchev–Trinajstić information content (AvgIpc) is 2.44. The van der Waals surface area contributed by atoms with Crippen LogP contribution >= 0.6 is 0 Å². The molecule has 0 heterocycles. The van der Waals surface area contributed by atoms with Crippen molar-refractivity contribution >= 4 is 11.4 Å². The third kappa shape index (κ3) is 2.50. The summed E-state index contributed by atoms with van der Waals surface area (Å²) in [5.74, 6) is 0.355. The van der Waals surface area contributed by atoms with Gasteiger partial charge in [-0.1, -0.05) is 18.2 Å². The van der Waals surface area contributed by atoms with E-state index in [0.717, 1.165) is 33.6 Å². The van der Waals surface area contributed by atoms with Crippen molar-refractivity contribution in [3.63, 3.8) is 0 Å². The molecule has 0 unspecified atom stereocenters. The number of hydrogen-bond donors (Lipinski definition) is 1. The van der Waals surface area contributed by atoms with Crippen LogP contribution in [0.15, 0.2) is 40.6 Å². The van der Waals surface area contributed by atoms with E-state index < -0.39 is 0 Å². The van der Waals surface area contributed by atoms with Crippen molar-refractivity contribution in [3.8, 4) is 5.75 Å². The molecule has 98 valence electrons. The SMILES string of the molecule is Cc1c(C)c(/N=N/c2ccccc2)c(C)c(C)c1O. The van der Waals surface area contributed by atoms with Crippen LogP contribution in [-0.4, -0.2) is 5.11 Å². The molecule has 0 atom stereocenters. The second-order valence-electron chi connectivity index (χ2n) is 4.73. The zero-order valence-corrected chi connectivity index (χ0v) is 11.7. The monoisotopic (exact) mass is 254 g/mol. The smallest absolute Gasteiger partial charge is 0.122 e. The summed E-state index contributed by atoms with van der Waals surface area (Å²) in [6, 6.07) is 9.63. The van der Waals surface area contributed by atoms with Crippen LogP contribution < -0.4 is 0 Å². The van der Waals surface area contributed by atoms with Gasteiger partial charge in [-0.2, -0.15) is 5.11 Å². The fourth-order valence-corrected chi connectivity index (χ4v) is 2.03. The second kappa shape index (κ2) is 5.22. The molecule has 19 heavy (non-hydrogen) atoms. The van der Waals surface area contributed by atoms with Crippen LogP contribution in [0.3, 0.4) is 0 Å². The van der Waals surface area contributed by atoms with Gasteiger partial charge in [0.1, 0.15) is 5.75 Å². The number of hydrogen-bond acceptors (Lipinski definition) is 3. The Labute approximate surface area is 113 Å². The van der Waals surface area contributed by atoms with Gasteiger partial charge in [0.05, 0.1) is 11.4 Å². The first-order valence-corrected chi connectivity index (χ1v) is 6.28. The summed E-state index contributed by atoms with van der Waals surface area (Å²) in [4.78, 5) is 0. The fraction of sp³-hybridized carbons (Fsp3) is 0.250. The molecule has 0 fully saturated rings. The van der Waals surface area contributed by atoms with E-state index in [2.05, 4.69) is 10.2 Å². The minimum absolute atomic E-state index is 0.355. The molecule has 2 aromatic rings. The maximum Gasteiger partial charge on any atom is 0.122 e. The lowest BCUT2D eigenvalue weighted by atomic mass is 9.97. The standard InChI is InChI=1S/C16H18N2O/c1-10-12(3)16(19)13(4)11(2)15(10)18-17-14-8-6-5-7-9-14/h5-9,19H,1-4H3/b18-17+. The minimum atomic E-state index is 0.355. The average molecular weight is 254 g/mol. The summed E-state index contributed by atoms with van der Waals surface area (Å²) >= 11 is 0. The molecule has 3 heteroatoms. The van der Waals surface area contributed by atoms with E-state index in [1.165, 1.54) is 0 Å². The molecule has 0 spiro atoms. The van der Waals surface area contributed by atoms with Crippen molar-refractivity contribution in [1.29, 1.82) is 0 Å². The molecule has 0 radical (unpaired) electrons. The van der Waals surface area contributed by atoms with Crippen molar-refractivity contribution in [3.05, 3.63) is 52.6 Å². The topological polar surface area (TPSA) is 45.0 Å². The summed E-state index contributed by atoms with van der Waals surface area (Å²) in [5, 5.41) is 18.6. The number of azo groups is 1. The highest BCUT2D eigenvalue weighted by molar-refractivity contribution is 5.63. The lowest BCUT2D eigenvalue weighted by Gasteiger charge is -2.13. The molecule has 0 amide bonds. The predicted octanol–water partition coefficient (Wildman–Crippen LogP) is 5.04. The van der Waals surface area contributed by atoms with E-state index in [1.807, 2.05) is 58.0 Å². The normalized spacial score (nSPS) is 11.2. The van der Waals surface area contributed by atoms with Gasteiger partial charge in [0, 0.05) is 0 Å². The Hall–Kier alpha value is -2.16. The molecule has 0 aliphatic rings. The van der Waals surface area contributed by atoms with Crippen LogP contribution in [-0.2, 0) is 0 Å². The van der Waals surface area contributed by atoms with Crippen molar-refractivity contribution < 1.29 is 5.11 Å². The maximum absolute atomic E-state index is 10.0. The largest absolute Gasteiger partial charge is 0.507 e. The Morgan fingerprint density at radius 1 is 0.737 bits per heavy atom. The second-order valence-corrected chi connectivity index (χ2v) is 4.73. The maximum atomic E-state index is 10.0. The van der Waals surface area contributed by atoms with Gasteiger partial charge in [0.15, 0.2) is 0 Å². The first-order chi connectivity index (χ1) is 9.02. The lowest BCUT2D eigenvalue weighted by molar-refractivity contribution is 0.466. The quantitative estimate of drug-likeness (QED) is 0.749. The van der Waals surface area contributed by atoms with E-state index >= 15 is 0 Å². The van der Waals surface area contributed by atoms with Crippen molar-refractivity contribution in [2.45, 2.75) is 27.7 Å². The van der Waals surface area contributed by atoms with Crippen LogP contribution in [0, 0.1) is 27.7 Å². The van der Waals surface area contributed by atoms with Crippen molar-refractivity contribution in [2.24, 2.45) is 10.2 Å².